The summed E-state index contributed by atoms with van der Waals surface area (Å²) in [5.74, 6) is -0.977. The van der Waals surface area contributed by atoms with E-state index in [4.69, 9.17) is 39.5 Å². The van der Waals surface area contributed by atoms with E-state index < -0.39 is 17.0 Å². The minimum absolute atomic E-state index is 0.260. The van der Waals surface area contributed by atoms with Gasteiger partial charge in [-0.25, -0.2) is 8.78 Å². The van der Waals surface area contributed by atoms with Crippen molar-refractivity contribution in [3.05, 3.63) is 63.1 Å². The molecule has 0 spiro atoms. The zero-order valence-corrected chi connectivity index (χ0v) is 13.2. The summed E-state index contributed by atoms with van der Waals surface area (Å²) in [5.41, 5.74) is 0.716. The molecule has 2 aromatic rings. The molecule has 0 aliphatic carbocycles. The molecule has 0 saturated carbocycles. The predicted octanol–water partition coefficient (Wildman–Crippen LogP) is 6.00. The quantitative estimate of drug-likeness (QED) is 0.614. The zero-order chi connectivity index (χ0) is 15.6. The Morgan fingerprint density at radius 2 is 1.62 bits per heavy atom. The fraction of sp³-hybridized carbons (Fsp3) is 0.200. The van der Waals surface area contributed by atoms with Gasteiger partial charge in [0.25, 0.3) is 0 Å². The van der Waals surface area contributed by atoms with Crippen LogP contribution >= 0.6 is 34.8 Å². The number of hydrogen-bond acceptors (Lipinski definition) is 1. The highest BCUT2D eigenvalue weighted by Crippen LogP contribution is 2.39. The van der Waals surface area contributed by atoms with Gasteiger partial charge in [0, 0.05) is 17.2 Å². The molecule has 0 aliphatic rings. The van der Waals surface area contributed by atoms with Crippen molar-refractivity contribution in [3.8, 4) is 5.75 Å². The van der Waals surface area contributed by atoms with Gasteiger partial charge in [0.15, 0.2) is 0 Å². The van der Waals surface area contributed by atoms with E-state index in [-0.39, 0.29) is 5.56 Å². The van der Waals surface area contributed by atoms with Crippen LogP contribution in [0.25, 0.3) is 0 Å². The summed E-state index contributed by atoms with van der Waals surface area (Å²) in [7, 11) is 0. The first kappa shape index (κ1) is 16.3. The van der Waals surface area contributed by atoms with Crippen LogP contribution in [-0.4, -0.2) is 6.61 Å². The molecular weight excluding hydrogens is 341 g/mol. The lowest BCUT2D eigenvalue weighted by molar-refractivity contribution is 0.340. The van der Waals surface area contributed by atoms with E-state index in [0.29, 0.717) is 28.0 Å². The van der Waals surface area contributed by atoms with Crippen LogP contribution in [0.5, 0.6) is 5.75 Å². The SMILES string of the molecule is CCOc1cc(Cl)c(C(Cl)c2cc(F)cc(F)c2)cc1Cl. The normalized spacial score (nSPS) is 12.3. The van der Waals surface area contributed by atoms with E-state index in [1.807, 2.05) is 6.92 Å². The number of hydrogen-bond donors (Lipinski definition) is 0. The maximum Gasteiger partial charge on any atom is 0.139 e. The summed E-state index contributed by atoms with van der Waals surface area (Å²) >= 11 is 18.5. The van der Waals surface area contributed by atoms with Gasteiger partial charge in [0.05, 0.1) is 17.0 Å². The summed E-state index contributed by atoms with van der Waals surface area (Å²) < 4.78 is 31.9. The van der Waals surface area contributed by atoms with E-state index in [1.54, 1.807) is 0 Å². The largest absolute Gasteiger partial charge is 0.492 e. The van der Waals surface area contributed by atoms with Crippen molar-refractivity contribution in [3.63, 3.8) is 0 Å². The van der Waals surface area contributed by atoms with Crippen LogP contribution in [0.3, 0.4) is 0 Å². The number of alkyl halides is 1. The molecule has 0 amide bonds. The molecule has 0 heterocycles. The molecule has 2 aromatic carbocycles. The minimum atomic E-state index is -0.823. The molecule has 21 heavy (non-hydrogen) atoms. The Kier molecular flexibility index (Phi) is 5.31. The minimum Gasteiger partial charge on any atom is -0.492 e. The Labute approximate surface area is 136 Å². The van der Waals surface area contributed by atoms with Crippen molar-refractivity contribution in [1.29, 1.82) is 0 Å². The van der Waals surface area contributed by atoms with Gasteiger partial charge in [0.2, 0.25) is 0 Å². The smallest absolute Gasteiger partial charge is 0.139 e. The zero-order valence-electron chi connectivity index (χ0n) is 11.0. The molecule has 0 aliphatic heterocycles. The van der Waals surface area contributed by atoms with Gasteiger partial charge in [-0.15, -0.1) is 11.6 Å². The van der Waals surface area contributed by atoms with Crippen LogP contribution in [-0.2, 0) is 0 Å². The van der Waals surface area contributed by atoms with Gasteiger partial charge in [-0.2, -0.15) is 0 Å². The summed E-state index contributed by atoms with van der Waals surface area (Å²) in [6, 6.07) is 6.16. The summed E-state index contributed by atoms with van der Waals surface area (Å²) in [4.78, 5) is 0. The second-order valence-corrected chi connectivity index (χ2v) is 5.55. The molecule has 0 fully saturated rings. The van der Waals surface area contributed by atoms with Crippen LogP contribution in [0.1, 0.15) is 23.4 Å². The topological polar surface area (TPSA) is 9.23 Å². The van der Waals surface area contributed by atoms with Crippen molar-refractivity contribution < 1.29 is 13.5 Å². The van der Waals surface area contributed by atoms with Crippen molar-refractivity contribution in [2.24, 2.45) is 0 Å². The van der Waals surface area contributed by atoms with Gasteiger partial charge < -0.3 is 4.74 Å². The van der Waals surface area contributed by atoms with Gasteiger partial charge in [0.1, 0.15) is 17.4 Å². The van der Waals surface area contributed by atoms with Crippen LogP contribution in [0, 0.1) is 11.6 Å². The maximum absolute atomic E-state index is 13.3. The fourth-order valence-corrected chi connectivity index (χ4v) is 2.76. The number of rotatable bonds is 4. The van der Waals surface area contributed by atoms with Crippen molar-refractivity contribution >= 4 is 34.8 Å². The number of ether oxygens (including phenoxy) is 1. The van der Waals surface area contributed by atoms with Gasteiger partial charge >= 0.3 is 0 Å². The first-order valence-electron chi connectivity index (χ1n) is 6.14. The Morgan fingerprint density at radius 3 is 2.19 bits per heavy atom. The van der Waals surface area contributed by atoms with Crippen molar-refractivity contribution in [2.75, 3.05) is 6.61 Å². The molecule has 112 valence electrons. The molecular formula is C15H11Cl3F2O. The molecule has 0 saturated heterocycles. The number of halogens is 5. The van der Waals surface area contributed by atoms with Crippen LogP contribution < -0.4 is 4.74 Å². The van der Waals surface area contributed by atoms with Crippen LogP contribution in [0.4, 0.5) is 8.78 Å². The third kappa shape index (κ3) is 3.79. The van der Waals surface area contributed by atoms with E-state index >= 15 is 0 Å². The second-order valence-electron chi connectivity index (χ2n) is 4.30. The molecule has 2 rings (SSSR count). The average Bonchev–Trinajstić information content (AvgIpc) is 2.41. The molecule has 1 unspecified atom stereocenters. The lowest BCUT2D eigenvalue weighted by Crippen LogP contribution is -1.99. The molecule has 1 nitrogen and oxygen atoms in total. The molecule has 1 atom stereocenters. The third-order valence-corrected chi connectivity index (χ3v) is 3.91. The monoisotopic (exact) mass is 350 g/mol. The molecule has 0 radical (unpaired) electrons. The van der Waals surface area contributed by atoms with Crippen LogP contribution in [0.2, 0.25) is 10.0 Å². The van der Waals surface area contributed by atoms with Crippen LogP contribution in [0.15, 0.2) is 30.3 Å². The Bertz CT molecular complexity index is 641. The summed E-state index contributed by atoms with van der Waals surface area (Å²) in [6.07, 6.45) is 0. The standard InChI is InChI=1S/C15H11Cl3F2O/c1-2-21-14-7-12(16)11(6-13(14)17)15(18)8-3-9(19)5-10(20)4-8/h3-7,15H,2H2,1H3. The summed E-state index contributed by atoms with van der Waals surface area (Å²) in [6.45, 7) is 2.26. The highest BCUT2D eigenvalue weighted by atomic mass is 35.5. The average molecular weight is 352 g/mol. The predicted molar refractivity (Wildman–Crippen MR) is 81.7 cm³/mol. The maximum atomic E-state index is 13.3. The van der Waals surface area contributed by atoms with Crippen molar-refractivity contribution in [2.45, 2.75) is 12.3 Å². The first-order valence-corrected chi connectivity index (χ1v) is 7.33. The highest BCUT2D eigenvalue weighted by molar-refractivity contribution is 6.36. The number of benzene rings is 2. The van der Waals surface area contributed by atoms with E-state index in [0.717, 1.165) is 18.2 Å². The van der Waals surface area contributed by atoms with Crippen molar-refractivity contribution in [1.82, 2.24) is 0 Å². The molecule has 0 N–H and O–H groups in total. The molecule has 6 heteroatoms. The Balaban J connectivity index is 2.43. The van der Waals surface area contributed by atoms with Gasteiger partial charge in [-0.3, -0.25) is 0 Å². The second kappa shape index (κ2) is 6.82. The lowest BCUT2D eigenvalue weighted by Gasteiger charge is -2.15. The van der Waals surface area contributed by atoms with E-state index in [2.05, 4.69) is 0 Å². The Hall–Kier alpha value is -1.03. The Morgan fingerprint density at radius 1 is 1.00 bits per heavy atom. The summed E-state index contributed by atoms with van der Waals surface area (Å²) in [5, 5.41) is -0.179. The molecule has 0 aromatic heterocycles. The lowest BCUT2D eigenvalue weighted by atomic mass is 10.0. The van der Waals surface area contributed by atoms with Gasteiger partial charge in [-0.05, 0) is 36.2 Å². The molecule has 0 bridgehead atoms. The van der Waals surface area contributed by atoms with E-state index in [9.17, 15) is 8.78 Å². The fourth-order valence-electron chi connectivity index (χ4n) is 1.91. The first-order chi connectivity index (χ1) is 9.92. The van der Waals surface area contributed by atoms with Gasteiger partial charge in [-0.1, -0.05) is 23.2 Å². The van der Waals surface area contributed by atoms with E-state index in [1.165, 1.54) is 12.1 Å². The third-order valence-electron chi connectivity index (χ3n) is 2.80. The highest BCUT2D eigenvalue weighted by Gasteiger charge is 2.18.